The fourth-order valence-corrected chi connectivity index (χ4v) is 4.03. The quantitative estimate of drug-likeness (QED) is 0.695. The Morgan fingerprint density at radius 3 is 2.54 bits per heavy atom. The number of carbonyl (C=O) groups excluding carboxylic acids is 1. The summed E-state index contributed by atoms with van der Waals surface area (Å²) in [6.07, 6.45) is 1.84. The maximum atomic E-state index is 12.3. The van der Waals surface area contributed by atoms with E-state index < -0.39 is 10.0 Å². The van der Waals surface area contributed by atoms with Crippen LogP contribution in [-0.4, -0.2) is 34.2 Å². The normalized spacial score (nSPS) is 12.3. The molecule has 7 heteroatoms. The van der Waals surface area contributed by atoms with Crippen LogP contribution in [0.2, 0.25) is 0 Å². The number of aryl methyl sites for hydroxylation is 1. The lowest BCUT2D eigenvalue weighted by Crippen LogP contribution is -2.32. The number of benzene rings is 2. The predicted octanol–water partition coefficient (Wildman–Crippen LogP) is 3.43. The van der Waals surface area contributed by atoms with Gasteiger partial charge >= 0.3 is 0 Å². The standard InChI is InChI=1S/C21H28N2O4S/c1-16-9-7-10-18(15-16)23(28(4,25)26)14-8-13-21(24)22-17(2)19-11-5-6-12-20(19)27-3/h5-7,9-12,15,17H,8,13-14H2,1-4H3,(H,22,24)/t17-/m0/s1. The van der Waals surface area contributed by atoms with E-state index in [9.17, 15) is 13.2 Å². The highest BCUT2D eigenvalue weighted by Gasteiger charge is 2.18. The number of para-hydroxylation sites is 1. The average molecular weight is 405 g/mol. The molecule has 0 radical (unpaired) electrons. The van der Waals surface area contributed by atoms with E-state index in [1.54, 1.807) is 13.2 Å². The van der Waals surface area contributed by atoms with Crippen molar-refractivity contribution in [3.8, 4) is 5.75 Å². The lowest BCUT2D eigenvalue weighted by Gasteiger charge is -2.23. The van der Waals surface area contributed by atoms with Gasteiger partial charge in [-0.2, -0.15) is 0 Å². The predicted molar refractivity (Wildman–Crippen MR) is 112 cm³/mol. The van der Waals surface area contributed by atoms with Gasteiger partial charge in [0.05, 0.1) is 25.1 Å². The van der Waals surface area contributed by atoms with E-state index in [1.807, 2.05) is 56.3 Å². The molecule has 28 heavy (non-hydrogen) atoms. The number of sulfonamides is 1. The number of hydrogen-bond donors (Lipinski definition) is 1. The van der Waals surface area contributed by atoms with Gasteiger partial charge in [-0.3, -0.25) is 9.10 Å². The third kappa shape index (κ3) is 5.99. The summed E-state index contributed by atoms with van der Waals surface area (Å²) in [6, 6.07) is 14.7. The molecule has 152 valence electrons. The number of methoxy groups -OCH3 is 1. The maximum Gasteiger partial charge on any atom is 0.232 e. The molecule has 0 spiro atoms. The average Bonchev–Trinajstić information content (AvgIpc) is 2.64. The van der Waals surface area contributed by atoms with E-state index in [0.29, 0.717) is 12.1 Å². The van der Waals surface area contributed by atoms with Crippen molar-refractivity contribution in [2.45, 2.75) is 32.7 Å². The van der Waals surface area contributed by atoms with Gasteiger partial charge in [-0.05, 0) is 44.0 Å². The zero-order valence-corrected chi connectivity index (χ0v) is 17.6. The van der Waals surface area contributed by atoms with E-state index in [4.69, 9.17) is 4.74 Å². The van der Waals surface area contributed by atoms with E-state index >= 15 is 0 Å². The van der Waals surface area contributed by atoms with Gasteiger partial charge in [0.2, 0.25) is 15.9 Å². The molecule has 2 aromatic rings. The second kappa shape index (κ2) is 9.59. The molecule has 2 aromatic carbocycles. The summed E-state index contributed by atoms with van der Waals surface area (Å²) in [5, 5.41) is 2.95. The second-order valence-corrected chi connectivity index (χ2v) is 8.72. The fourth-order valence-electron chi connectivity index (χ4n) is 3.07. The van der Waals surface area contributed by atoms with Crippen molar-refractivity contribution in [2.24, 2.45) is 0 Å². The first-order chi connectivity index (χ1) is 13.2. The van der Waals surface area contributed by atoms with Crippen molar-refractivity contribution in [3.05, 3.63) is 59.7 Å². The summed E-state index contributed by atoms with van der Waals surface area (Å²) in [5.41, 5.74) is 2.50. The highest BCUT2D eigenvalue weighted by Crippen LogP contribution is 2.24. The minimum absolute atomic E-state index is 0.129. The first kappa shape index (κ1) is 21.8. The fraction of sp³-hybridized carbons (Fsp3) is 0.381. The van der Waals surface area contributed by atoms with Crippen molar-refractivity contribution in [1.82, 2.24) is 5.32 Å². The Bertz CT molecular complexity index is 912. The van der Waals surface area contributed by atoms with Gasteiger partial charge < -0.3 is 10.1 Å². The SMILES string of the molecule is COc1ccccc1[C@H](C)NC(=O)CCCN(c1cccc(C)c1)S(C)(=O)=O. The van der Waals surface area contributed by atoms with Crippen LogP contribution < -0.4 is 14.4 Å². The maximum absolute atomic E-state index is 12.3. The third-order valence-electron chi connectivity index (χ3n) is 4.44. The van der Waals surface area contributed by atoms with Gasteiger partial charge in [-0.15, -0.1) is 0 Å². The number of anilines is 1. The summed E-state index contributed by atoms with van der Waals surface area (Å²) < 4.78 is 31.0. The molecule has 0 aliphatic carbocycles. The minimum Gasteiger partial charge on any atom is -0.496 e. The molecule has 1 atom stereocenters. The first-order valence-electron chi connectivity index (χ1n) is 9.19. The van der Waals surface area contributed by atoms with Crippen LogP contribution >= 0.6 is 0 Å². The topological polar surface area (TPSA) is 75.7 Å². The zero-order chi connectivity index (χ0) is 20.7. The molecule has 6 nitrogen and oxygen atoms in total. The Morgan fingerprint density at radius 2 is 1.89 bits per heavy atom. The van der Waals surface area contributed by atoms with Crippen molar-refractivity contribution in [1.29, 1.82) is 0 Å². The summed E-state index contributed by atoms with van der Waals surface area (Å²) in [4.78, 5) is 12.3. The molecule has 0 aromatic heterocycles. The Balaban J connectivity index is 1.96. The molecule has 0 heterocycles. The highest BCUT2D eigenvalue weighted by molar-refractivity contribution is 7.92. The van der Waals surface area contributed by atoms with Gasteiger partial charge in [-0.25, -0.2) is 8.42 Å². The van der Waals surface area contributed by atoms with Gasteiger partial charge in [0.15, 0.2) is 0 Å². The van der Waals surface area contributed by atoms with Crippen LogP contribution in [0.15, 0.2) is 48.5 Å². The van der Waals surface area contributed by atoms with Crippen LogP contribution in [0.5, 0.6) is 5.75 Å². The monoisotopic (exact) mass is 404 g/mol. The number of nitrogens with zero attached hydrogens (tertiary/aromatic N) is 1. The Kier molecular flexibility index (Phi) is 7.45. The minimum atomic E-state index is -3.42. The molecule has 0 aliphatic rings. The van der Waals surface area contributed by atoms with Gasteiger partial charge in [0.1, 0.15) is 5.75 Å². The molecule has 0 saturated heterocycles. The first-order valence-corrected chi connectivity index (χ1v) is 11.0. The summed E-state index contributed by atoms with van der Waals surface area (Å²) in [5.74, 6) is 0.592. The smallest absolute Gasteiger partial charge is 0.232 e. The van der Waals surface area contributed by atoms with E-state index in [0.717, 1.165) is 16.9 Å². The van der Waals surface area contributed by atoms with E-state index in [-0.39, 0.29) is 24.9 Å². The molecular formula is C21H28N2O4S. The molecule has 0 aliphatic heterocycles. The van der Waals surface area contributed by atoms with Crippen molar-refractivity contribution >= 4 is 21.6 Å². The number of rotatable bonds is 9. The van der Waals surface area contributed by atoms with Crippen molar-refractivity contribution in [2.75, 3.05) is 24.2 Å². The number of carbonyl (C=O) groups is 1. The summed E-state index contributed by atoms with van der Waals surface area (Å²) in [7, 11) is -1.83. The van der Waals surface area contributed by atoms with Crippen LogP contribution in [0.25, 0.3) is 0 Å². The van der Waals surface area contributed by atoms with E-state index in [1.165, 1.54) is 10.6 Å². The molecular weight excluding hydrogens is 376 g/mol. The zero-order valence-electron chi connectivity index (χ0n) is 16.8. The van der Waals surface area contributed by atoms with Crippen LogP contribution in [0.4, 0.5) is 5.69 Å². The molecule has 0 unspecified atom stereocenters. The Labute approximate surface area is 167 Å². The van der Waals surface area contributed by atoms with Crippen LogP contribution in [0, 0.1) is 6.92 Å². The lowest BCUT2D eigenvalue weighted by atomic mass is 10.1. The largest absolute Gasteiger partial charge is 0.496 e. The lowest BCUT2D eigenvalue weighted by molar-refractivity contribution is -0.121. The second-order valence-electron chi connectivity index (χ2n) is 6.81. The van der Waals surface area contributed by atoms with Crippen LogP contribution in [0.3, 0.4) is 0 Å². The molecule has 0 fully saturated rings. The molecule has 0 saturated carbocycles. The highest BCUT2D eigenvalue weighted by atomic mass is 32.2. The molecule has 0 bridgehead atoms. The third-order valence-corrected chi connectivity index (χ3v) is 5.63. The molecule has 1 amide bonds. The summed E-state index contributed by atoms with van der Waals surface area (Å²) in [6.45, 7) is 4.06. The van der Waals surface area contributed by atoms with Gasteiger partial charge in [0.25, 0.3) is 0 Å². The van der Waals surface area contributed by atoms with Crippen LogP contribution in [0.1, 0.15) is 36.9 Å². The molecule has 1 N–H and O–H groups in total. The molecule has 2 rings (SSSR count). The number of hydrogen-bond acceptors (Lipinski definition) is 4. The van der Waals surface area contributed by atoms with Gasteiger partial charge in [0, 0.05) is 18.5 Å². The number of ether oxygens (including phenoxy) is 1. The van der Waals surface area contributed by atoms with Crippen LogP contribution in [-0.2, 0) is 14.8 Å². The Hall–Kier alpha value is -2.54. The van der Waals surface area contributed by atoms with Crippen molar-refractivity contribution < 1.29 is 17.9 Å². The Morgan fingerprint density at radius 1 is 1.18 bits per heavy atom. The van der Waals surface area contributed by atoms with E-state index in [2.05, 4.69) is 5.32 Å². The van der Waals surface area contributed by atoms with Gasteiger partial charge in [-0.1, -0.05) is 30.3 Å². The number of amides is 1. The number of nitrogens with one attached hydrogen (secondary N) is 1. The summed E-state index contributed by atoms with van der Waals surface area (Å²) >= 11 is 0. The van der Waals surface area contributed by atoms with Crippen molar-refractivity contribution in [3.63, 3.8) is 0 Å².